The van der Waals surface area contributed by atoms with Crippen LogP contribution in [0.2, 0.25) is 0 Å². The molecule has 0 amide bonds. The van der Waals surface area contributed by atoms with E-state index in [0.717, 1.165) is 47.1 Å². The highest BCUT2D eigenvalue weighted by Crippen LogP contribution is 2.30. The van der Waals surface area contributed by atoms with Crippen molar-refractivity contribution in [2.75, 3.05) is 6.61 Å². The Bertz CT molecular complexity index is 913. The maximum absolute atomic E-state index is 6.00. The van der Waals surface area contributed by atoms with Crippen molar-refractivity contribution in [3.8, 4) is 17.1 Å². The molecule has 3 rings (SSSR count). The second-order valence-corrected chi connectivity index (χ2v) is 8.95. The minimum Gasteiger partial charge on any atom is -0.491 e. The lowest BCUT2D eigenvalue weighted by molar-refractivity contribution is 0.317. The van der Waals surface area contributed by atoms with Gasteiger partial charge in [0.15, 0.2) is 0 Å². The highest BCUT2D eigenvalue weighted by molar-refractivity contribution is 5.99. The number of aromatic amines is 2. The van der Waals surface area contributed by atoms with Crippen molar-refractivity contribution in [1.82, 2.24) is 9.97 Å². The fourth-order valence-corrected chi connectivity index (χ4v) is 4.10. The Morgan fingerprint density at radius 1 is 0.844 bits per heavy atom. The van der Waals surface area contributed by atoms with Crippen LogP contribution >= 0.6 is 0 Å². The molecule has 4 heteroatoms. The van der Waals surface area contributed by atoms with E-state index in [0.29, 0.717) is 6.61 Å². The topological polar surface area (TPSA) is 53.2 Å². The van der Waals surface area contributed by atoms with Gasteiger partial charge in [-0.1, -0.05) is 65.2 Å². The summed E-state index contributed by atoms with van der Waals surface area (Å²) in [6.07, 6.45) is 20.7. The first-order valence-corrected chi connectivity index (χ1v) is 12.7. The fourth-order valence-electron chi connectivity index (χ4n) is 4.10. The molecule has 1 aliphatic rings. The Kier molecular flexibility index (Phi) is 9.93. The van der Waals surface area contributed by atoms with Gasteiger partial charge in [0, 0.05) is 17.5 Å². The number of ether oxygens (including phenoxy) is 1. The first-order valence-electron chi connectivity index (χ1n) is 12.7. The lowest BCUT2D eigenvalue weighted by atomic mass is 10.1. The fraction of sp³-hybridized carbons (Fsp3) is 0.536. The van der Waals surface area contributed by atoms with Crippen molar-refractivity contribution in [2.24, 2.45) is 4.99 Å². The van der Waals surface area contributed by atoms with Crippen molar-refractivity contribution >= 4 is 11.8 Å². The number of nitrogens with one attached hydrogen (secondary N) is 2. The molecule has 4 nitrogen and oxygen atoms in total. The van der Waals surface area contributed by atoms with Crippen LogP contribution in [0.5, 0.6) is 5.75 Å². The maximum atomic E-state index is 6.00. The summed E-state index contributed by atoms with van der Waals surface area (Å²) in [5.74, 6) is 0.887. The SMILES string of the molecule is CCCCCCCCCCCC1=N/C(=C/c2[nH]c(-c3ccc(C)[nH]3)cc2OCCC)C=C1. The molecule has 2 aromatic rings. The molecule has 1 aliphatic heterocycles. The van der Waals surface area contributed by atoms with E-state index in [-0.39, 0.29) is 0 Å². The van der Waals surface area contributed by atoms with Gasteiger partial charge in [0.25, 0.3) is 0 Å². The first kappa shape index (κ1) is 24.2. The summed E-state index contributed by atoms with van der Waals surface area (Å²) in [5.41, 5.74) is 6.43. The van der Waals surface area contributed by atoms with Gasteiger partial charge >= 0.3 is 0 Å². The number of allylic oxidation sites excluding steroid dienone is 2. The number of rotatable bonds is 15. The van der Waals surface area contributed by atoms with E-state index in [1.807, 2.05) is 0 Å². The van der Waals surface area contributed by atoms with Crippen LogP contribution in [0.3, 0.4) is 0 Å². The highest BCUT2D eigenvalue weighted by Gasteiger charge is 2.12. The first-order chi connectivity index (χ1) is 15.7. The monoisotopic (exact) mass is 435 g/mol. The van der Waals surface area contributed by atoms with Gasteiger partial charge in [-0.2, -0.15) is 0 Å². The van der Waals surface area contributed by atoms with Crippen molar-refractivity contribution < 1.29 is 4.74 Å². The van der Waals surface area contributed by atoms with Gasteiger partial charge in [-0.15, -0.1) is 0 Å². The van der Waals surface area contributed by atoms with E-state index in [4.69, 9.17) is 9.73 Å². The Balaban J connectivity index is 1.52. The number of nitrogens with zero attached hydrogens (tertiary/aromatic N) is 1. The molecule has 0 aliphatic carbocycles. The largest absolute Gasteiger partial charge is 0.491 e. The number of hydrogen-bond acceptors (Lipinski definition) is 2. The molecule has 174 valence electrons. The van der Waals surface area contributed by atoms with Crippen molar-refractivity contribution in [3.63, 3.8) is 0 Å². The summed E-state index contributed by atoms with van der Waals surface area (Å²) < 4.78 is 6.00. The molecule has 3 heterocycles. The summed E-state index contributed by atoms with van der Waals surface area (Å²) in [4.78, 5) is 11.7. The quantitative estimate of drug-likeness (QED) is 0.271. The second-order valence-electron chi connectivity index (χ2n) is 8.95. The van der Waals surface area contributed by atoms with Crippen molar-refractivity contribution in [1.29, 1.82) is 0 Å². The lowest BCUT2D eigenvalue weighted by Gasteiger charge is -2.03. The molecule has 0 saturated carbocycles. The zero-order valence-corrected chi connectivity index (χ0v) is 20.3. The molecular formula is C28H41N3O. The Hall–Kier alpha value is -2.49. The Labute approximate surface area is 194 Å². The summed E-state index contributed by atoms with van der Waals surface area (Å²) >= 11 is 0. The molecule has 0 fully saturated rings. The van der Waals surface area contributed by atoms with Crippen LogP contribution in [0.1, 0.15) is 95.9 Å². The molecule has 0 radical (unpaired) electrons. The average molecular weight is 436 g/mol. The molecule has 0 aromatic carbocycles. The van der Waals surface area contributed by atoms with Crippen LogP contribution in [0.4, 0.5) is 0 Å². The summed E-state index contributed by atoms with van der Waals surface area (Å²) in [6.45, 7) is 7.18. The van der Waals surface area contributed by atoms with Gasteiger partial charge in [0.2, 0.25) is 0 Å². The number of H-pyrrole nitrogens is 2. The summed E-state index contributed by atoms with van der Waals surface area (Å²) in [5, 5.41) is 0. The van der Waals surface area contributed by atoms with E-state index >= 15 is 0 Å². The van der Waals surface area contributed by atoms with E-state index in [1.165, 1.54) is 63.5 Å². The third-order valence-corrected chi connectivity index (χ3v) is 5.94. The van der Waals surface area contributed by atoms with Crippen LogP contribution in [-0.4, -0.2) is 22.3 Å². The smallest absolute Gasteiger partial charge is 0.144 e. The van der Waals surface area contributed by atoms with E-state index in [1.54, 1.807) is 0 Å². The van der Waals surface area contributed by atoms with Gasteiger partial charge < -0.3 is 14.7 Å². The number of aliphatic imine (C=N–C) groups is 1. The highest BCUT2D eigenvalue weighted by atomic mass is 16.5. The third-order valence-electron chi connectivity index (χ3n) is 5.94. The zero-order valence-electron chi connectivity index (χ0n) is 20.3. The molecule has 32 heavy (non-hydrogen) atoms. The molecule has 0 bridgehead atoms. The standard InChI is InChI=1S/C28H41N3O/c1-4-6-7-8-9-10-11-12-13-14-23-16-17-24(30-23)20-27-28(32-19-5-2)21-26(31-27)25-18-15-22(3)29-25/h15-18,20-21,29,31H,4-14,19H2,1-3H3/b24-20+. The molecule has 0 saturated heterocycles. The Morgan fingerprint density at radius 2 is 1.59 bits per heavy atom. The van der Waals surface area contributed by atoms with Gasteiger partial charge in [-0.25, -0.2) is 0 Å². The third kappa shape index (κ3) is 7.58. The molecule has 0 atom stereocenters. The second kappa shape index (κ2) is 13.1. The predicted octanol–water partition coefficient (Wildman–Crippen LogP) is 8.38. The van der Waals surface area contributed by atoms with E-state index in [9.17, 15) is 0 Å². The molecule has 0 unspecified atom stereocenters. The molecule has 2 N–H and O–H groups in total. The number of hydrogen-bond donors (Lipinski definition) is 2. The van der Waals surface area contributed by atoms with Gasteiger partial charge in [0.1, 0.15) is 5.75 Å². The van der Waals surface area contributed by atoms with Crippen LogP contribution in [-0.2, 0) is 0 Å². The van der Waals surface area contributed by atoms with E-state index < -0.39 is 0 Å². The predicted molar refractivity (Wildman–Crippen MR) is 137 cm³/mol. The molecule has 0 spiro atoms. The lowest BCUT2D eigenvalue weighted by Crippen LogP contribution is -1.95. The van der Waals surface area contributed by atoms with Crippen LogP contribution < -0.4 is 4.74 Å². The van der Waals surface area contributed by atoms with Gasteiger partial charge in [0.05, 0.1) is 29.4 Å². The number of unbranched alkanes of at least 4 members (excludes halogenated alkanes) is 8. The molecular weight excluding hydrogens is 394 g/mol. The summed E-state index contributed by atoms with van der Waals surface area (Å²) in [6, 6.07) is 6.27. The minimum atomic E-state index is 0.709. The van der Waals surface area contributed by atoms with Crippen LogP contribution in [0, 0.1) is 6.92 Å². The van der Waals surface area contributed by atoms with Crippen molar-refractivity contribution in [3.05, 3.63) is 47.4 Å². The minimum absolute atomic E-state index is 0.709. The van der Waals surface area contributed by atoms with Gasteiger partial charge in [-0.3, -0.25) is 4.99 Å². The number of aryl methyl sites for hydroxylation is 1. The maximum Gasteiger partial charge on any atom is 0.144 e. The Morgan fingerprint density at radius 3 is 2.28 bits per heavy atom. The van der Waals surface area contributed by atoms with E-state index in [2.05, 4.69) is 67.2 Å². The number of aromatic nitrogens is 2. The summed E-state index contributed by atoms with van der Waals surface area (Å²) in [7, 11) is 0. The zero-order chi connectivity index (χ0) is 22.6. The average Bonchev–Trinajstić information content (AvgIpc) is 3.52. The van der Waals surface area contributed by atoms with Crippen LogP contribution in [0.15, 0.2) is 41.0 Å². The van der Waals surface area contributed by atoms with Crippen LogP contribution in [0.25, 0.3) is 17.5 Å². The normalized spacial score (nSPS) is 14.5. The molecule has 2 aromatic heterocycles. The van der Waals surface area contributed by atoms with Crippen molar-refractivity contribution in [2.45, 2.75) is 91.4 Å². The van der Waals surface area contributed by atoms with Gasteiger partial charge in [-0.05, 0) is 56.5 Å².